The number of rotatable bonds is 5. The largest absolute Gasteiger partial charge is 0.465 e. The molecule has 0 aliphatic carbocycles. The van der Waals surface area contributed by atoms with Crippen molar-refractivity contribution in [3.8, 4) is 11.1 Å². The van der Waals surface area contributed by atoms with Gasteiger partial charge in [-0.3, -0.25) is 9.11 Å². The van der Waals surface area contributed by atoms with Crippen molar-refractivity contribution in [3.05, 3.63) is 47.5 Å². The van der Waals surface area contributed by atoms with Gasteiger partial charge in [0, 0.05) is 5.56 Å². The normalized spacial score (nSPS) is 11.7. The van der Waals surface area contributed by atoms with E-state index in [1.807, 2.05) is 0 Å². The van der Waals surface area contributed by atoms with Crippen LogP contribution >= 0.6 is 0 Å². The number of benzene rings is 2. The highest BCUT2D eigenvalue weighted by molar-refractivity contribution is 7.89. The Morgan fingerprint density at radius 1 is 0.786 bits per heavy atom. The number of esters is 2. The summed E-state index contributed by atoms with van der Waals surface area (Å²) in [5, 5.41) is 0. The van der Waals surface area contributed by atoms with Gasteiger partial charge in [0.2, 0.25) is 0 Å². The van der Waals surface area contributed by atoms with E-state index in [-0.39, 0.29) is 5.56 Å². The highest BCUT2D eigenvalue weighted by atomic mass is 32.2. The van der Waals surface area contributed by atoms with E-state index < -0.39 is 58.7 Å². The van der Waals surface area contributed by atoms with E-state index in [2.05, 4.69) is 9.47 Å². The number of carbonyl (C=O) groups is 2. The summed E-state index contributed by atoms with van der Waals surface area (Å²) in [7, 11) is -8.91. The lowest BCUT2D eigenvalue weighted by Crippen LogP contribution is -2.20. The second kappa shape index (κ2) is 7.67. The number of methoxy groups -OCH3 is 2. The second-order valence-electron chi connectivity index (χ2n) is 5.30. The molecule has 2 N–H and O–H groups in total. The first-order valence-corrected chi connectivity index (χ1v) is 10.2. The van der Waals surface area contributed by atoms with Gasteiger partial charge in [0.25, 0.3) is 20.2 Å². The molecule has 0 unspecified atom stereocenters. The molecule has 0 fully saturated rings. The number of hydrogen-bond donors (Lipinski definition) is 2. The SMILES string of the molecule is COC(=O)c1cc(C(=O)OC)c(S(=O)(=O)O)c(S(=O)(=O)O)c1-c1ccccc1. The van der Waals surface area contributed by atoms with Crippen LogP contribution in [0.2, 0.25) is 0 Å². The molecule has 150 valence electrons. The summed E-state index contributed by atoms with van der Waals surface area (Å²) in [5.41, 5.74) is -2.10. The molecule has 2 aromatic carbocycles. The van der Waals surface area contributed by atoms with E-state index in [0.29, 0.717) is 6.07 Å². The average molecular weight is 430 g/mol. The van der Waals surface area contributed by atoms with Gasteiger partial charge < -0.3 is 9.47 Å². The summed E-state index contributed by atoms with van der Waals surface area (Å²) in [5.74, 6) is -2.50. The third-order valence-electron chi connectivity index (χ3n) is 3.62. The lowest BCUT2D eigenvalue weighted by Gasteiger charge is -2.17. The fourth-order valence-electron chi connectivity index (χ4n) is 2.57. The van der Waals surface area contributed by atoms with Gasteiger partial charge in [-0.2, -0.15) is 16.8 Å². The standard InChI is InChI=1S/C16H14O10S2/c1-25-15(17)10-8-11(16(18)26-2)13(27(19,20)21)14(28(22,23)24)12(10)9-6-4-3-5-7-9/h3-8H,1-2H3,(H,19,20,21)(H,22,23,24). The van der Waals surface area contributed by atoms with Gasteiger partial charge in [-0.1, -0.05) is 30.3 Å². The molecular formula is C16H14O10S2. The van der Waals surface area contributed by atoms with E-state index >= 15 is 0 Å². The van der Waals surface area contributed by atoms with Gasteiger partial charge in [-0.05, 0) is 11.6 Å². The Hall–Kier alpha value is -2.80. The van der Waals surface area contributed by atoms with Crippen molar-refractivity contribution in [1.82, 2.24) is 0 Å². The molecule has 0 amide bonds. The molecule has 0 aromatic heterocycles. The summed E-state index contributed by atoms with van der Waals surface area (Å²) < 4.78 is 76.4. The molecule has 0 bridgehead atoms. The minimum atomic E-state index is -5.38. The molecule has 0 aliphatic rings. The van der Waals surface area contributed by atoms with Crippen molar-refractivity contribution in [2.45, 2.75) is 9.79 Å². The summed E-state index contributed by atoms with van der Waals surface area (Å²) in [4.78, 5) is 21.5. The van der Waals surface area contributed by atoms with Crippen molar-refractivity contribution in [3.63, 3.8) is 0 Å². The molecule has 0 aliphatic heterocycles. The van der Waals surface area contributed by atoms with E-state index in [1.54, 1.807) is 6.07 Å². The lowest BCUT2D eigenvalue weighted by atomic mass is 9.97. The molecule has 0 saturated heterocycles. The van der Waals surface area contributed by atoms with Crippen LogP contribution in [0.5, 0.6) is 0 Å². The monoisotopic (exact) mass is 430 g/mol. The van der Waals surface area contributed by atoms with Crippen LogP contribution in [0.4, 0.5) is 0 Å². The Kier molecular flexibility index (Phi) is 5.89. The summed E-state index contributed by atoms with van der Waals surface area (Å²) in [6, 6.07) is 7.81. The van der Waals surface area contributed by atoms with Gasteiger partial charge in [0.15, 0.2) is 0 Å². The highest BCUT2D eigenvalue weighted by Crippen LogP contribution is 2.38. The second-order valence-corrected chi connectivity index (χ2v) is 8.02. The van der Waals surface area contributed by atoms with Crippen molar-refractivity contribution in [1.29, 1.82) is 0 Å². The zero-order valence-electron chi connectivity index (χ0n) is 14.4. The van der Waals surface area contributed by atoms with Crippen molar-refractivity contribution in [2.75, 3.05) is 14.2 Å². The molecule has 0 atom stereocenters. The quantitative estimate of drug-likeness (QED) is 0.524. The number of carbonyl (C=O) groups excluding carboxylic acids is 2. The fourth-order valence-corrected chi connectivity index (χ4v) is 4.78. The van der Waals surface area contributed by atoms with Crippen LogP contribution < -0.4 is 0 Å². The predicted molar refractivity (Wildman–Crippen MR) is 94.2 cm³/mol. The lowest BCUT2D eigenvalue weighted by molar-refractivity contribution is 0.0594. The Morgan fingerprint density at radius 3 is 1.68 bits per heavy atom. The molecule has 0 radical (unpaired) electrons. The first-order valence-electron chi connectivity index (χ1n) is 7.31. The summed E-state index contributed by atoms with van der Waals surface area (Å²) in [6.07, 6.45) is 0. The maximum absolute atomic E-state index is 12.2. The molecule has 0 saturated carbocycles. The molecule has 12 heteroatoms. The number of ether oxygens (including phenoxy) is 2. The van der Waals surface area contributed by atoms with E-state index in [9.17, 15) is 35.5 Å². The molecule has 0 spiro atoms. The molecular weight excluding hydrogens is 416 g/mol. The molecule has 0 heterocycles. The van der Waals surface area contributed by atoms with Crippen molar-refractivity contribution < 1.29 is 45.0 Å². The van der Waals surface area contributed by atoms with Crippen LogP contribution in [0.3, 0.4) is 0 Å². The van der Waals surface area contributed by atoms with Gasteiger partial charge in [0.05, 0.1) is 25.3 Å². The minimum absolute atomic E-state index is 0.00293. The first-order chi connectivity index (χ1) is 12.9. The van der Waals surface area contributed by atoms with Crippen LogP contribution in [-0.4, -0.2) is 52.1 Å². The van der Waals surface area contributed by atoms with E-state index in [0.717, 1.165) is 14.2 Å². The van der Waals surface area contributed by atoms with E-state index in [1.165, 1.54) is 24.3 Å². The van der Waals surface area contributed by atoms with Crippen LogP contribution in [0.15, 0.2) is 46.2 Å². The van der Waals surface area contributed by atoms with Crippen LogP contribution in [0.1, 0.15) is 20.7 Å². The van der Waals surface area contributed by atoms with Gasteiger partial charge in [0.1, 0.15) is 9.79 Å². The fraction of sp³-hybridized carbons (Fsp3) is 0.125. The highest BCUT2D eigenvalue weighted by Gasteiger charge is 2.37. The van der Waals surface area contributed by atoms with E-state index in [4.69, 9.17) is 0 Å². The maximum atomic E-state index is 12.2. The topological polar surface area (TPSA) is 161 Å². The first kappa shape index (κ1) is 21.5. The summed E-state index contributed by atoms with van der Waals surface area (Å²) >= 11 is 0. The van der Waals surface area contributed by atoms with Gasteiger partial charge in [-0.25, -0.2) is 9.59 Å². The Labute approximate surface area is 160 Å². The Bertz CT molecular complexity index is 1150. The zero-order valence-corrected chi connectivity index (χ0v) is 16.1. The summed E-state index contributed by atoms with van der Waals surface area (Å²) in [6.45, 7) is 0. The molecule has 2 aromatic rings. The van der Waals surface area contributed by atoms with Crippen LogP contribution in [0, 0.1) is 0 Å². The Morgan fingerprint density at radius 2 is 1.25 bits per heavy atom. The predicted octanol–water partition coefficient (Wildman–Crippen LogP) is 1.42. The van der Waals surface area contributed by atoms with Crippen molar-refractivity contribution >= 4 is 32.2 Å². The minimum Gasteiger partial charge on any atom is -0.465 e. The third-order valence-corrected chi connectivity index (χ3v) is 5.62. The van der Waals surface area contributed by atoms with Crippen LogP contribution in [-0.2, 0) is 29.7 Å². The maximum Gasteiger partial charge on any atom is 0.339 e. The Balaban J connectivity index is 3.27. The third kappa shape index (κ3) is 4.04. The van der Waals surface area contributed by atoms with Crippen molar-refractivity contribution in [2.24, 2.45) is 0 Å². The van der Waals surface area contributed by atoms with Gasteiger partial charge in [-0.15, -0.1) is 0 Å². The van der Waals surface area contributed by atoms with Crippen LogP contribution in [0.25, 0.3) is 11.1 Å². The molecule has 2 rings (SSSR count). The smallest absolute Gasteiger partial charge is 0.339 e. The number of hydrogen-bond acceptors (Lipinski definition) is 8. The molecule has 10 nitrogen and oxygen atoms in total. The average Bonchev–Trinajstić information content (AvgIpc) is 2.64. The molecule has 28 heavy (non-hydrogen) atoms. The van der Waals surface area contributed by atoms with Gasteiger partial charge >= 0.3 is 11.9 Å². The zero-order chi connectivity index (χ0) is 21.3.